The molecule has 2 aromatic rings. The van der Waals surface area contributed by atoms with Gasteiger partial charge in [-0.15, -0.1) is 11.3 Å². The van der Waals surface area contributed by atoms with Crippen LogP contribution in [-0.2, 0) is 0 Å². The first-order valence-electron chi connectivity index (χ1n) is 5.80. The van der Waals surface area contributed by atoms with Crippen LogP contribution in [0.3, 0.4) is 0 Å². The van der Waals surface area contributed by atoms with Crippen molar-refractivity contribution in [2.75, 3.05) is 11.9 Å². The molecule has 0 aliphatic heterocycles. The number of aliphatic hydroxyl groups is 1. The summed E-state index contributed by atoms with van der Waals surface area (Å²) in [5.41, 5.74) is 1.91. The highest BCUT2D eigenvalue weighted by Gasteiger charge is 2.14. The molecule has 0 saturated carbocycles. The Morgan fingerprint density at radius 2 is 1.94 bits per heavy atom. The molecule has 2 N–H and O–H groups in total. The van der Waals surface area contributed by atoms with Crippen molar-refractivity contribution in [2.24, 2.45) is 0 Å². The van der Waals surface area contributed by atoms with Gasteiger partial charge in [0, 0.05) is 15.4 Å². The summed E-state index contributed by atoms with van der Waals surface area (Å²) in [6, 6.07) is 8.09. The van der Waals surface area contributed by atoms with Gasteiger partial charge in [-0.3, -0.25) is 0 Å². The van der Waals surface area contributed by atoms with Gasteiger partial charge in [-0.05, 0) is 49.7 Å². The van der Waals surface area contributed by atoms with Crippen molar-refractivity contribution >= 4 is 17.0 Å². The van der Waals surface area contributed by atoms with Crippen molar-refractivity contribution in [2.45, 2.75) is 19.9 Å². The summed E-state index contributed by atoms with van der Waals surface area (Å²) in [4.78, 5) is 2.42. The number of aliphatic hydroxyl groups excluding tert-OH is 1. The van der Waals surface area contributed by atoms with Gasteiger partial charge in [0.05, 0.1) is 12.6 Å². The fourth-order valence-electron chi connectivity index (χ4n) is 1.97. The third-order valence-electron chi connectivity index (χ3n) is 2.82. The van der Waals surface area contributed by atoms with E-state index in [1.54, 1.807) is 23.5 Å². The Kier molecular flexibility index (Phi) is 3.99. The second-order valence-corrected chi connectivity index (χ2v) is 5.72. The molecular weight excluding hydrogens is 249 g/mol. The minimum atomic E-state index is -0.261. The van der Waals surface area contributed by atoms with E-state index in [4.69, 9.17) is 0 Å². The van der Waals surface area contributed by atoms with E-state index >= 15 is 0 Å². The summed E-state index contributed by atoms with van der Waals surface area (Å²) in [6.07, 6.45) is 0. The first-order valence-corrected chi connectivity index (χ1v) is 6.61. The van der Waals surface area contributed by atoms with Crippen LogP contribution in [-0.4, -0.2) is 11.7 Å². The van der Waals surface area contributed by atoms with Gasteiger partial charge in [0.2, 0.25) is 0 Å². The Hall–Kier alpha value is -1.39. The van der Waals surface area contributed by atoms with E-state index in [2.05, 4.69) is 11.4 Å². The Bertz CT molecular complexity index is 521. The quantitative estimate of drug-likeness (QED) is 0.884. The third-order valence-corrected chi connectivity index (χ3v) is 3.80. The molecule has 2 nitrogen and oxygen atoms in total. The number of hydrogen-bond donors (Lipinski definition) is 2. The zero-order chi connectivity index (χ0) is 13.1. The van der Waals surface area contributed by atoms with E-state index in [0.29, 0.717) is 0 Å². The highest BCUT2D eigenvalue weighted by Crippen LogP contribution is 2.28. The SMILES string of the molecule is Cc1cc(C(CO)Nc2ccc(F)cc2)c(C)s1. The maximum Gasteiger partial charge on any atom is 0.123 e. The highest BCUT2D eigenvalue weighted by atomic mass is 32.1. The molecule has 1 unspecified atom stereocenters. The Balaban J connectivity index is 2.19. The van der Waals surface area contributed by atoms with Crippen LogP contribution in [0, 0.1) is 19.7 Å². The van der Waals surface area contributed by atoms with Crippen molar-refractivity contribution in [1.29, 1.82) is 0 Å². The summed E-state index contributed by atoms with van der Waals surface area (Å²) in [5, 5.41) is 12.7. The minimum absolute atomic E-state index is 0.00832. The van der Waals surface area contributed by atoms with Gasteiger partial charge in [0.25, 0.3) is 0 Å². The molecule has 1 aromatic carbocycles. The number of aryl methyl sites for hydroxylation is 2. The van der Waals surface area contributed by atoms with Crippen LogP contribution < -0.4 is 5.32 Å². The van der Waals surface area contributed by atoms with Gasteiger partial charge >= 0.3 is 0 Å². The van der Waals surface area contributed by atoms with Crippen molar-refractivity contribution in [1.82, 2.24) is 0 Å². The van der Waals surface area contributed by atoms with E-state index < -0.39 is 0 Å². The summed E-state index contributed by atoms with van der Waals surface area (Å²) in [6.45, 7) is 4.10. The monoisotopic (exact) mass is 265 g/mol. The van der Waals surface area contributed by atoms with Gasteiger partial charge < -0.3 is 10.4 Å². The minimum Gasteiger partial charge on any atom is -0.394 e. The molecule has 0 aliphatic carbocycles. The second kappa shape index (κ2) is 5.50. The average Bonchev–Trinajstić information content (AvgIpc) is 2.68. The zero-order valence-corrected chi connectivity index (χ0v) is 11.2. The second-order valence-electron chi connectivity index (χ2n) is 4.25. The molecule has 18 heavy (non-hydrogen) atoms. The van der Waals surface area contributed by atoms with Crippen molar-refractivity contribution < 1.29 is 9.50 Å². The Morgan fingerprint density at radius 3 is 2.44 bits per heavy atom. The number of nitrogens with one attached hydrogen (secondary N) is 1. The highest BCUT2D eigenvalue weighted by molar-refractivity contribution is 7.12. The molecule has 1 aromatic heterocycles. The summed E-state index contributed by atoms with van der Waals surface area (Å²) in [7, 11) is 0. The van der Waals surface area contributed by atoms with Crippen molar-refractivity contribution in [3.8, 4) is 0 Å². The molecule has 2 rings (SSSR count). The fourth-order valence-corrected chi connectivity index (χ4v) is 2.95. The van der Waals surface area contributed by atoms with E-state index in [1.165, 1.54) is 21.9 Å². The van der Waals surface area contributed by atoms with Gasteiger partial charge in [-0.1, -0.05) is 0 Å². The van der Waals surface area contributed by atoms with Crippen LogP contribution in [0.2, 0.25) is 0 Å². The molecule has 0 fully saturated rings. The number of benzene rings is 1. The van der Waals surface area contributed by atoms with E-state index in [0.717, 1.165) is 11.3 Å². The lowest BCUT2D eigenvalue weighted by Gasteiger charge is -2.17. The lowest BCUT2D eigenvalue weighted by atomic mass is 10.1. The van der Waals surface area contributed by atoms with Gasteiger partial charge in [-0.2, -0.15) is 0 Å². The smallest absolute Gasteiger partial charge is 0.123 e. The standard InChI is InChI=1S/C14H16FNOS/c1-9-7-13(10(2)18-9)14(8-17)16-12-5-3-11(15)4-6-12/h3-7,14,16-17H,8H2,1-2H3. The molecule has 0 bridgehead atoms. The largest absolute Gasteiger partial charge is 0.394 e. The predicted octanol–water partition coefficient (Wildman–Crippen LogP) is 3.65. The zero-order valence-electron chi connectivity index (χ0n) is 10.4. The molecule has 0 amide bonds. The molecule has 96 valence electrons. The van der Waals surface area contributed by atoms with Crippen LogP contribution in [0.5, 0.6) is 0 Å². The summed E-state index contributed by atoms with van der Waals surface area (Å²) < 4.78 is 12.8. The van der Waals surface area contributed by atoms with Gasteiger partial charge in [0.15, 0.2) is 0 Å². The lowest BCUT2D eigenvalue weighted by molar-refractivity contribution is 0.276. The predicted molar refractivity (Wildman–Crippen MR) is 73.6 cm³/mol. The molecular formula is C14H16FNOS. The first-order chi connectivity index (χ1) is 8.60. The number of halogens is 1. The van der Waals surface area contributed by atoms with E-state index in [-0.39, 0.29) is 18.5 Å². The molecule has 0 radical (unpaired) electrons. The van der Waals surface area contributed by atoms with Crippen molar-refractivity contribution in [3.63, 3.8) is 0 Å². The maximum atomic E-state index is 12.8. The van der Waals surface area contributed by atoms with Crippen molar-refractivity contribution in [3.05, 3.63) is 51.5 Å². The molecule has 0 spiro atoms. The number of hydrogen-bond acceptors (Lipinski definition) is 3. The van der Waals surface area contributed by atoms with Crippen LogP contribution >= 0.6 is 11.3 Å². The van der Waals surface area contributed by atoms with Crippen LogP contribution in [0.25, 0.3) is 0 Å². The molecule has 0 aliphatic rings. The van der Waals surface area contributed by atoms with Crippen LogP contribution in [0.4, 0.5) is 10.1 Å². The third kappa shape index (κ3) is 2.89. The molecule has 4 heteroatoms. The van der Waals surface area contributed by atoms with Gasteiger partial charge in [0.1, 0.15) is 5.82 Å². The molecule has 1 heterocycles. The van der Waals surface area contributed by atoms with E-state index in [9.17, 15) is 9.50 Å². The van der Waals surface area contributed by atoms with E-state index in [1.807, 2.05) is 13.8 Å². The Morgan fingerprint density at radius 1 is 1.28 bits per heavy atom. The van der Waals surface area contributed by atoms with Crippen LogP contribution in [0.15, 0.2) is 30.3 Å². The maximum absolute atomic E-state index is 12.8. The first kappa shape index (κ1) is 13.1. The fraction of sp³-hybridized carbons (Fsp3) is 0.286. The number of rotatable bonds is 4. The van der Waals surface area contributed by atoms with Crippen LogP contribution in [0.1, 0.15) is 21.4 Å². The average molecular weight is 265 g/mol. The van der Waals surface area contributed by atoms with Gasteiger partial charge in [-0.25, -0.2) is 4.39 Å². The molecule has 0 saturated heterocycles. The Labute approximate surface area is 110 Å². The summed E-state index contributed by atoms with van der Waals surface area (Å²) in [5.74, 6) is -0.261. The normalized spacial score (nSPS) is 12.4. The summed E-state index contributed by atoms with van der Waals surface area (Å²) >= 11 is 1.71. The number of thiophene rings is 1. The topological polar surface area (TPSA) is 32.3 Å². The molecule has 1 atom stereocenters. The lowest BCUT2D eigenvalue weighted by Crippen LogP contribution is -2.14. The number of anilines is 1.